The fraction of sp³-hybridized carbons (Fsp3) is 0.444. The summed E-state index contributed by atoms with van der Waals surface area (Å²) in [7, 11) is 0. The third-order valence-corrected chi connectivity index (χ3v) is 3.42. The molecule has 1 aliphatic rings. The summed E-state index contributed by atoms with van der Waals surface area (Å²) >= 11 is 0. The zero-order valence-corrected chi connectivity index (χ0v) is 14.7. The highest BCUT2D eigenvalue weighted by Crippen LogP contribution is 2.34. The molecule has 130 valence electrons. The quantitative estimate of drug-likeness (QED) is 0.813. The second-order valence-electron chi connectivity index (χ2n) is 6.23. The van der Waals surface area contributed by atoms with E-state index in [0.717, 1.165) is 5.56 Å². The molecular formula is C18H24N2O4. The van der Waals surface area contributed by atoms with E-state index in [2.05, 4.69) is 10.6 Å². The molecule has 1 heterocycles. The average Bonchev–Trinajstić information content (AvgIpc) is 2.45. The highest BCUT2D eigenvalue weighted by Gasteiger charge is 2.34. The number of para-hydroxylation sites is 1. The molecule has 0 aliphatic carbocycles. The smallest absolute Gasteiger partial charge is 0.338 e. The Morgan fingerprint density at radius 2 is 1.79 bits per heavy atom. The van der Waals surface area contributed by atoms with Crippen LogP contribution in [0.1, 0.15) is 46.2 Å². The van der Waals surface area contributed by atoms with Crippen molar-refractivity contribution < 1.29 is 19.1 Å². The first-order valence-electron chi connectivity index (χ1n) is 8.04. The first-order valence-corrected chi connectivity index (χ1v) is 8.04. The van der Waals surface area contributed by atoms with Gasteiger partial charge in [0.1, 0.15) is 5.75 Å². The Labute approximate surface area is 142 Å². The molecule has 0 saturated heterocycles. The van der Waals surface area contributed by atoms with Crippen molar-refractivity contribution in [2.75, 3.05) is 0 Å². The Morgan fingerprint density at radius 3 is 2.42 bits per heavy atom. The molecule has 0 bridgehead atoms. The molecule has 2 N–H and O–H groups in total. The van der Waals surface area contributed by atoms with Crippen LogP contribution < -0.4 is 15.4 Å². The monoisotopic (exact) mass is 332 g/mol. The molecule has 0 aromatic heterocycles. The molecule has 1 atom stereocenters. The molecule has 6 heteroatoms. The number of allylic oxidation sites excluding steroid dienone is 1. The number of nitrogens with one attached hydrogen (secondary N) is 2. The number of esters is 1. The summed E-state index contributed by atoms with van der Waals surface area (Å²) in [6.07, 6.45) is -0.280. The minimum atomic E-state index is -0.625. The minimum Gasteiger partial charge on any atom is -0.491 e. The van der Waals surface area contributed by atoms with Crippen LogP contribution in [0.2, 0.25) is 0 Å². The van der Waals surface area contributed by atoms with Crippen LogP contribution in [0.25, 0.3) is 0 Å². The predicted molar refractivity (Wildman–Crippen MR) is 90.5 cm³/mol. The lowest BCUT2D eigenvalue weighted by Gasteiger charge is -2.30. The molecule has 1 aromatic rings. The van der Waals surface area contributed by atoms with Gasteiger partial charge in [0.25, 0.3) is 0 Å². The molecule has 0 spiro atoms. The van der Waals surface area contributed by atoms with Gasteiger partial charge in [0.15, 0.2) is 0 Å². The van der Waals surface area contributed by atoms with Gasteiger partial charge in [0.2, 0.25) is 0 Å². The first-order chi connectivity index (χ1) is 11.3. The highest BCUT2D eigenvalue weighted by atomic mass is 16.5. The summed E-state index contributed by atoms with van der Waals surface area (Å²) in [5, 5.41) is 5.42. The standard InChI is InChI=1S/C18H24N2O4/c1-10(2)23-14-9-7-6-8-13(14)16-15(17(21)24-11(3)4)12(5)19-18(22)20-16/h6-11,16H,1-5H3,(H2,19,20,22). The molecule has 2 rings (SSSR count). The van der Waals surface area contributed by atoms with Crippen molar-refractivity contribution in [2.24, 2.45) is 0 Å². The molecule has 0 fully saturated rings. The summed E-state index contributed by atoms with van der Waals surface area (Å²) in [6, 6.07) is 6.37. The number of hydrogen-bond acceptors (Lipinski definition) is 4. The van der Waals surface area contributed by atoms with Crippen LogP contribution in [0.5, 0.6) is 5.75 Å². The van der Waals surface area contributed by atoms with Crippen molar-refractivity contribution >= 4 is 12.0 Å². The molecule has 0 saturated carbocycles. The van der Waals surface area contributed by atoms with Crippen molar-refractivity contribution in [3.05, 3.63) is 41.1 Å². The predicted octanol–water partition coefficient (Wildman–Crippen LogP) is 3.05. The van der Waals surface area contributed by atoms with Gasteiger partial charge >= 0.3 is 12.0 Å². The van der Waals surface area contributed by atoms with E-state index in [9.17, 15) is 9.59 Å². The van der Waals surface area contributed by atoms with Gasteiger partial charge < -0.3 is 20.1 Å². The topological polar surface area (TPSA) is 76.7 Å². The van der Waals surface area contributed by atoms with Crippen LogP contribution in [0.4, 0.5) is 4.79 Å². The largest absolute Gasteiger partial charge is 0.491 e. The molecular weight excluding hydrogens is 308 g/mol. The summed E-state index contributed by atoms with van der Waals surface area (Å²) in [5.74, 6) is 0.168. The number of ether oxygens (including phenoxy) is 2. The van der Waals surface area contributed by atoms with E-state index in [4.69, 9.17) is 9.47 Å². The summed E-state index contributed by atoms with van der Waals surface area (Å²) in [5.41, 5.74) is 1.58. The van der Waals surface area contributed by atoms with E-state index >= 15 is 0 Å². The maximum absolute atomic E-state index is 12.5. The lowest BCUT2D eigenvalue weighted by Crippen LogP contribution is -2.45. The lowest BCUT2D eigenvalue weighted by atomic mass is 9.94. The maximum atomic E-state index is 12.5. The van der Waals surface area contributed by atoms with Crippen molar-refractivity contribution in [1.82, 2.24) is 10.6 Å². The fourth-order valence-electron chi connectivity index (χ4n) is 2.56. The maximum Gasteiger partial charge on any atom is 0.338 e. The van der Waals surface area contributed by atoms with Crippen LogP contribution in [0, 0.1) is 0 Å². The third-order valence-electron chi connectivity index (χ3n) is 3.42. The normalized spacial score (nSPS) is 17.6. The zero-order chi connectivity index (χ0) is 17.9. The fourth-order valence-corrected chi connectivity index (χ4v) is 2.56. The van der Waals surface area contributed by atoms with E-state index in [1.807, 2.05) is 38.1 Å². The van der Waals surface area contributed by atoms with E-state index in [0.29, 0.717) is 17.0 Å². The summed E-state index contributed by atoms with van der Waals surface area (Å²) in [4.78, 5) is 24.5. The molecule has 6 nitrogen and oxygen atoms in total. The second kappa shape index (κ2) is 7.38. The Bertz CT molecular complexity index is 665. The van der Waals surface area contributed by atoms with Crippen LogP contribution in [0.15, 0.2) is 35.5 Å². The van der Waals surface area contributed by atoms with Gasteiger partial charge in [-0.05, 0) is 40.7 Å². The number of urea groups is 1. The molecule has 1 aliphatic heterocycles. The van der Waals surface area contributed by atoms with Gasteiger partial charge in [0.05, 0.1) is 23.8 Å². The van der Waals surface area contributed by atoms with Crippen LogP contribution in [-0.2, 0) is 9.53 Å². The van der Waals surface area contributed by atoms with Crippen LogP contribution in [0.3, 0.4) is 0 Å². The Balaban J connectivity index is 2.48. The number of hydrogen-bond donors (Lipinski definition) is 2. The number of rotatable bonds is 5. The van der Waals surface area contributed by atoms with Gasteiger partial charge in [-0.3, -0.25) is 0 Å². The van der Waals surface area contributed by atoms with Crippen molar-refractivity contribution in [3.8, 4) is 5.75 Å². The van der Waals surface area contributed by atoms with E-state index in [1.54, 1.807) is 20.8 Å². The molecule has 0 radical (unpaired) electrons. The second-order valence-corrected chi connectivity index (χ2v) is 6.23. The third kappa shape index (κ3) is 4.07. The van der Waals surface area contributed by atoms with E-state index < -0.39 is 12.0 Å². The molecule has 24 heavy (non-hydrogen) atoms. The Kier molecular flexibility index (Phi) is 5.49. The van der Waals surface area contributed by atoms with E-state index in [1.165, 1.54) is 0 Å². The van der Waals surface area contributed by atoms with Gasteiger partial charge in [-0.25, -0.2) is 9.59 Å². The summed E-state index contributed by atoms with van der Waals surface area (Å²) < 4.78 is 11.2. The molecule has 2 amide bonds. The molecule has 1 unspecified atom stereocenters. The SMILES string of the molecule is CC1=C(C(=O)OC(C)C)C(c2ccccc2OC(C)C)NC(=O)N1. The van der Waals surface area contributed by atoms with Crippen molar-refractivity contribution in [3.63, 3.8) is 0 Å². The first kappa shape index (κ1) is 17.8. The van der Waals surface area contributed by atoms with Gasteiger partial charge in [-0.15, -0.1) is 0 Å². The van der Waals surface area contributed by atoms with Crippen molar-refractivity contribution in [1.29, 1.82) is 0 Å². The highest BCUT2D eigenvalue weighted by molar-refractivity contribution is 5.95. The van der Waals surface area contributed by atoms with Crippen molar-refractivity contribution in [2.45, 2.75) is 52.9 Å². The Morgan fingerprint density at radius 1 is 1.12 bits per heavy atom. The number of carbonyl (C=O) groups is 2. The van der Waals surface area contributed by atoms with Gasteiger partial charge in [-0.2, -0.15) is 0 Å². The lowest BCUT2D eigenvalue weighted by molar-refractivity contribution is -0.143. The van der Waals surface area contributed by atoms with Crippen LogP contribution >= 0.6 is 0 Å². The molecule has 1 aromatic carbocycles. The van der Waals surface area contributed by atoms with Gasteiger partial charge in [-0.1, -0.05) is 18.2 Å². The number of carbonyl (C=O) groups excluding carboxylic acids is 2. The van der Waals surface area contributed by atoms with Gasteiger partial charge in [0, 0.05) is 11.3 Å². The number of amides is 2. The van der Waals surface area contributed by atoms with E-state index in [-0.39, 0.29) is 18.2 Å². The van der Waals surface area contributed by atoms with Crippen LogP contribution in [-0.4, -0.2) is 24.2 Å². The Hall–Kier alpha value is -2.50. The zero-order valence-electron chi connectivity index (χ0n) is 14.7. The number of benzene rings is 1. The minimum absolute atomic E-state index is 0.0280. The average molecular weight is 332 g/mol. The summed E-state index contributed by atoms with van der Waals surface area (Å²) in [6.45, 7) is 9.11.